The van der Waals surface area contributed by atoms with Gasteiger partial charge in [0.2, 0.25) is 5.91 Å². The van der Waals surface area contributed by atoms with Crippen molar-refractivity contribution in [1.29, 1.82) is 0 Å². The number of aryl methyl sites for hydroxylation is 1. The van der Waals surface area contributed by atoms with Gasteiger partial charge in [0.15, 0.2) is 5.03 Å². The third-order valence-corrected chi connectivity index (χ3v) is 4.85. The first-order chi connectivity index (χ1) is 12.5. The highest BCUT2D eigenvalue weighted by Gasteiger charge is 2.11. The van der Waals surface area contributed by atoms with E-state index in [4.69, 9.17) is 11.6 Å². The van der Waals surface area contributed by atoms with Gasteiger partial charge in [0, 0.05) is 23.1 Å². The van der Waals surface area contributed by atoms with E-state index in [2.05, 4.69) is 10.3 Å². The lowest BCUT2D eigenvalue weighted by Gasteiger charge is -2.09. The number of amides is 1. The Morgan fingerprint density at radius 1 is 1.23 bits per heavy atom. The lowest BCUT2D eigenvalue weighted by Crippen LogP contribution is -2.22. The molecular weight excluding hydrogens is 370 g/mol. The molecule has 0 aliphatic rings. The summed E-state index contributed by atoms with van der Waals surface area (Å²) in [6, 6.07) is 14.5. The molecule has 0 atom stereocenters. The minimum Gasteiger partial charge on any atom is -0.325 e. The Kier molecular flexibility index (Phi) is 5.75. The number of nitrogens with zero attached hydrogens (tertiary/aromatic N) is 2. The molecule has 1 N–H and O–H groups in total. The Morgan fingerprint density at radius 2 is 2.04 bits per heavy atom. The normalized spacial score (nSPS) is 10.5. The molecule has 1 aromatic heterocycles. The van der Waals surface area contributed by atoms with Crippen LogP contribution in [0.15, 0.2) is 70.7 Å². The van der Waals surface area contributed by atoms with Crippen molar-refractivity contribution in [3.63, 3.8) is 0 Å². The van der Waals surface area contributed by atoms with Crippen LogP contribution in [0.5, 0.6) is 0 Å². The number of thioether (sulfide) groups is 1. The van der Waals surface area contributed by atoms with Gasteiger partial charge in [0.05, 0.1) is 11.4 Å². The molecule has 0 unspecified atom stereocenters. The van der Waals surface area contributed by atoms with E-state index in [0.29, 0.717) is 10.7 Å². The SMILES string of the molecule is Cc1ccccc1NC(=O)CSc1nccn(-c2cccc(Cl)c2)c1=O. The predicted molar refractivity (Wildman–Crippen MR) is 105 cm³/mol. The van der Waals surface area contributed by atoms with Crippen LogP contribution in [0.2, 0.25) is 5.02 Å². The van der Waals surface area contributed by atoms with Crippen LogP contribution in [0.1, 0.15) is 5.56 Å². The fourth-order valence-electron chi connectivity index (χ4n) is 2.36. The average molecular weight is 386 g/mol. The summed E-state index contributed by atoms with van der Waals surface area (Å²) in [7, 11) is 0. The Morgan fingerprint density at radius 3 is 2.81 bits per heavy atom. The number of carbonyl (C=O) groups excluding carboxylic acids is 1. The van der Waals surface area contributed by atoms with Gasteiger partial charge in [-0.2, -0.15) is 0 Å². The minimum absolute atomic E-state index is 0.0934. The molecule has 132 valence electrons. The molecule has 0 spiro atoms. The molecule has 0 fully saturated rings. The van der Waals surface area contributed by atoms with Gasteiger partial charge in [-0.05, 0) is 36.8 Å². The number of halogens is 1. The summed E-state index contributed by atoms with van der Waals surface area (Å²) in [6.07, 6.45) is 3.11. The smallest absolute Gasteiger partial charge is 0.287 e. The predicted octanol–water partition coefficient (Wildman–Crippen LogP) is 3.93. The number of hydrogen-bond acceptors (Lipinski definition) is 4. The number of aromatic nitrogens is 2. The molecule has 0 aliphatic heterocycles. The second kappa shape index (κ2) is 8.21. The monoisotopic (exact) mass is 385 g/mol. The molecule has 7 heteroatoms. The number of benzene rings is 2. The van der Waals surface area contributed by atoms with Crippen molar-refractivity contribution in [3.8, 4) is 5.69 Å². The molecule has 5 nitrogen and oxygen atoms in total. The number of carbonyl (C=O) groups is 1. The largest absolute Gasteiger partial charge is 0.325 e. The highest BCUT2D eigenvalue weighted by molar-refractivity contribution is 7.99. The summed E-state index contributed by atoms with van der Waals surface area (Å²) in [6.45, 7) is 1.92. The van der Waals surface area contributed by atoms with E-state index >= 15 is 0 Å². The summed E-state index contributed by atoms with van der Waals surface area (Å²) in [5.41, 5.74) is 2.10. The highest BCUT2D eigenvalue weighted by Crippen LogP contribution is 2.17. The Labute approximate surface area is 160 Å². The first-order valence-corrected chi connectivity index (χ1v) is 9.23. The second-order valence-electron chi connectivity index (χ2n) is 5.54. The zero-order valence-electron chi connectivity index (χ0n) is 14.0. The van der Waals surface area contributed by atoms with Crippen LogP contribution in [0.4, 0.5) is 5.69 Å². The van der Waals surface area contributed by atoms with Crippen LogP contribution in [0.25, 0.3) is 5.69 Å². The highest BCUT2D eigenvalue weighted by atomic mass is 35.5. The zero-order chi connectivity index (χ0) is 18.5. The van der Waals surface area contributed by atoms with Crippen molar-refractivity contribution in [1.82, 2.24) is 9.55 Å². The number of hydrogen-bond donors (Lipinski definition) is 1. The molecular formula is C19H16ClN3O2S. The van der Waals surface area contributed by atoms with Crippen molar-refractivity contribution < 1.29 is 4.79 Å². The lowest BCUT2D eigenvalue weighted by molar-refractivity contribution is -0.113. The van der Waals surface area contributed by atoms with Crippen molar-refractivity contribution in [3.05, 3.63) is 81.9 Å². The van der Waals surface area contributed by atoms with Crippen molar-refractivity contribution in [2.75, 3.05) is 11.1 Å². The summed E-state index contributed by atoms with van der Waals surface area (Å²) in [4.78, 5) is 28.9. The molecule has 26 heavy (non-hydrogen) atoms. The van der Waals surface area contributed by atoms with E-state index in [1.54, 1.807) is 30.5 Å². The summed E-state index contributed by atoms with van der Waals surface area (Å²) in [5, 5.41) is 3.64. The van der Waals surface area contributed by atoms with Gasteiger partial charge in [0.25, 0.3) is 5.56 Å². The van der Waals surface area contributed by atoms with E-state index in [1.807, 2.05) is 31.2 Å². The maximum atomic E-state index is 12.6. The zero-order valence-corrected chi connectivity index (χ0v) is 15.6. The first-order valence-electron chi connectivity index (χ1n) is 7.86. The van der Waals surface area contributed by atoms with Crippen molar-refractivity contribution in [2.45, 2.75) is 11.9 Å². The summed E-state index contributed by atoms with van der Waals surface area (Å²) >= 11 is 7.09. The van der Waals surface area contributed by atoms with E-state index in [-0.39, 0.29) is 22.2 Å². The van der Waals surface area contributed by atoms with Gasteiger partial charge >= 0.3 is 0 Å². The molecule has 2 aromatic carbocycles. The van der Waals surface area contributed by atoms with E-state index in [1.165, 1.54) is 10.8 Å². The van der Waals surface area contributed by atoms with Crippen LogP contribution < -0.4 is 10.9 Å². The third-order valence-electron chi connectivity index (χ3n) is 3.65. The number of nitrogens with one attached hydrogen (secondary N) is 1. The van der Waals surface area contributed by atoms with Gasteiger partial charge in [-0.1, -0.05) is 47.6 Å². The molecule has 3 aromatic rings. The molecule has 0 aliphatic carbocycles. The van der Waals surface area contributed by atoms with Crippen LogP contribution in [0, 0.1) is 6.92 Å². The van der Waals surface area contributed by atoms with Gasteiger partial charge in [-0.3, -0.25) is 14.2 Å². The van der Waals surface area contributed by atoms with E-state index in [9.17, 15) is 9.59 Å². The topological polar surface area (TPSA) is 64.0 Å². The van der Waals surface area contributed by atoms with Crippen molar-refractivity contribution >= 4 is 35.0 Å². The Balaban J connectivity index is 1.73. The van der Waals surface area contributed by atoms with E-state index in [0.717, 1.165) is 23.0 Å². The Bertz CT molecular complexity index is 1000. The third kappa shape index (κ3) is 4.33. The van der Waals surface area contributed by atoms with E-state index < -0.39 is 0 Å². The van der Waals surface area contributed by atoms with Gasteiger partial charge in [0.1, 0.15) is 0 Å². The number of rotatable bonds is 5. The van der Waals surface area contributed by atoms with Crippen molar-refractivity contribution in [2.24, 2.45) is 0 Å². The second-order valence-corrected chi connectivity index (χ2v) is 6.94. The minimum atomic E-state index is -0.288. The van der Waals surface area contributed by atoms with Crippen LogP contribution >= 0.6 is 23.4 Å². The van der Waals surface area contributed by atoms with Crippen LogP contribution in [-0.2, 0) is 4.79 Å². The molecule has 0 bridgehead atoms. The molecule has 3 rings (SSSR count). The Hall–Kier alpha value is -2.57. The standard InChI is InChI=1S/C19H16ClN3O2S/c1-13-5-2-3-8-16(13)22-17(24)12-26-18-19(25)23(10-9-21-18)15-7-4-6-14(20)11-15/h2-11H,12H2,1H3,(H,22,24). The first kappa shape index (κ1) is 18.2. The van der Waals surface area contributed by atoms with Crippen LogP contribution in [0.3, 0.4) is 0 Å². The quantitative estimate of drug-likeness (QED) is 0.676. The average Bonchev–Trinajstić information content (AvgIpc) is 2.63. The number of para-hydroxylation sites is 1. The maximum absolute atomic E-state index is 12.6. The summed E-state index contributed by atoms with van der Waals surface area (Å²) in [5.74, 6) is -0.0977. The fourth-order valence-corrected chi connectivity index (χ4v) is 3.24. The van der Waals surface area contributed by atoms with Crippen LogP contribution in [-0.4, -0.2) is 21.2 Å². The molecule has 0 saturated carbocycles. The van der Waals surface area contributed by atoms with Gasteiger partial charge in [-0.25, -0.2) is 4.98 Å². The summed E-state index contributed by atoms with van der Waals surface area (Å²) < 4.78 is 1.46. The molecule has 0 radical (unpaired) electrons. The molecule has 0 saturated heterocycles. The van der Waals surface area contributed by atoms with Gasteiger partial charge < -0.3 is 5.32 Å². The lowest BCUT2D eigenvalue weighted by atomic mass is 10.2. The maximum Gasteiger partial charge on any atom is 0.287 e. The fraction of sp³-hybridized carbons (Fsp3) is 0.105. The molecule has 1 heterocycles. The number of anilines is 1. The van der Waals surface area contributed by atoms with Gasteiger partial charge in [-0.15, -0.1) is 0 Å². The molecule has 1 amide bonds.